The van der Waals surface area contributed by atoms with Crippen molar-refractivity contribution in [1.82, 2.24) is 0 Å². The number of rotatable bonds is 20. The Balaban J connectivity index is 0.000000145. The average molecular weight is 1910 g/mol. The van der Waals surface area contributed by atoms with Gasteiger partial charge in [-0.05, 0) is 243 Å². The van der Waals surface area contributed by atoms with Crippen LogP contribution < -0.4 is 10.2 Å². The maximum atomic E-state index is 9.93. The molecule has 16 aromatic rings. The maximum absolute atomic E-state index is 11.2. The SMILES string of the molecule is [F][Sb-]([F])([F])([F])([F])[F].[O]=[Sb]([O-])([O-])[O-].c1ccc(Sc2ccc([S+](c3ccccc3)c3ccccc3)cc2)cc1.c1ccc(Sc2ccc([S+](c3ccccc3)c3ccccc3)cc2)cc1.c1ccc(Sc2ccc([S+](c3ccccc3)c3ccccc3)cc2)cc1.c1ccc(Sc2ccc([S+](c3ccccc3)c3ccccc3)cc2)cc1. The van der Waals surface area contributed by atoms with Crippen LogP contribution in [0.25, 0.3) is 0 Å². The van der Waals surface area contributed by atoms with E-state index in [2.05, 4.69) is 461 Å². The van der Waals surface area contributed by atoms with E-state index in [0.29, 0.717) is 0 Å². The van der Waals surface area contributed by atoms with Crippen molar-refractivity contribution in [2.24, 2.45) is 0 Å². The minimum absolute atomic E-state index is 0.0786. The Morgan fingerprint density at radius 3 is 0.371 bits per heavy atom. The molecule has 0 heterocycles. The molecular formula is C96H76F6O4S8Sb2. The third-order valence-corrected chi connectivity index (χ3v) is 29.0. The Morgan fingerprint density at radius 2 is 0.259 bits per heavy atom. The van der Waals surface area contributed by atoms with E-state index in [1.807, 2.05) is 0 Å². The van der Waals surface area contributed by atoms with Crippen LogP contribution in [0, 0.1) is 0 Å². The summed E-state index contributed by atoms with van der Waals surface area (Å²) >= 11 is -10.1. The normalized spacial score (nSPS) is 11.6. The Kier molecular flexibility index (Phi) is 33.1. The molecule has 0 fully saturated rings. The van der Waals surface area contributed by atoms with Gasteiger partial charge in [0.05, 0.1) is 43.6 Å². The van der Waals surface area contributed by atoms with Crippen LogP contribution in [0.2, 0.25) is 0 Å². The molecule has 0 bridgehead atoms. The summed E-state index contributed by atoms with van der Waals surface area (Å²) in [5.74, 6) is 0. The molecule has 0 amide bonds. The molecule has 4 nitrogen and oxygen atoms in total. The molecule has 584 valence electrons. The molecule has 0 spiro atoms. The third-order valence-electron chi connectivity index (χ3n) is 16.0. The second kappa shape index (κ2) is 43.6. The van der Waals surface area contributed by atoms with Crippen molar-refractivity contribution < 1.29 is 30.1 Å². The van der Waals surface area contributed by atoms with E-state index in [1.54, 1.807) is 47.0 Å². The van der Waals surface area contributed by atoms with Crippen molar-refractivity contribution in [2.45, 2.75) is 97.9 Å². The molecule has 20 heteroatoms. The number of benzene rings is 16. The van der Waals surface area contributed by atoms with Gasteiger partial charge in [0, 0.05) is 39.2 Å². The van der Waals surface area contributed by atoms with Gasteiger partial charge in [-0.2, -0.15) is 0 Å². The van der Waals surface area contributed by atoms with Gasteiger partial charge >= 0.3 is 69.6 Å². The first-order valence-corrected chi connectivity index (χ1v) is 54.2. The van der Waals surface area contributed by atoms with Crippen LogP contribution in [0.15, 0.2) is 559 Å². The molecule has 16 aromatic carbocycles. The first-order valence-electron chi connectivity index (χ1n) is 36.0. The molecule has 0 unspecified atom stereocenters. The van der Waals surface area contributed by atoms with Gasteiger partial charge in [0.2, 0.25) is 0 Å². The minimum Gasteiger partial charge on any atom is -0.0901 e. The molecule has 0 N–H and O–H groups in total. The standard InChI is InChI=1S/4C24H19S2.6FH.4O.2Sb/c4*1-4-10-20(11-5-1)25-21-16-18-24(19-17-21)26(22-12-6-2-7-13-22)23-14-8-3-9-15-23;;;;;;;;;;;;/h4*1-19H;6*1H;;;;;;/q4*+1;;;;;;;;3*-1;;+5/p-6. The van der Waals surface area contributed by atoms with Gasteiger partial charge < -0.3 is 0 Å². The van der Waals surface area contributed by atoms with E-state index < -0.39 is 39.5 Å². The quantitative estimate of drug-likeness (QED) is 0.0424. The zero-order chi connectivity index (χ0) is 81.3. The van der Waals surface area contributed by atoms with Crippen LogP contribution in [0.1, 0.15) is 0 Å². The summed E-state index contributed by atoms with van der Waals surface area (Å²) < 4.78 is 94.1. The third kappa shape index (κ3) is 31.3. The molecule has 0 saturated carbocycles. The zero-order valence-corrected chi connectivity index (χ0v) is 73.6. The van der Waals surface area contributed by atoms with Gasteiger partial charge in [0.25, 0.3) is 0 Å². The van der Waals surface area contributed by atoms with Gasteiger partial charge in [-0.3, -0.25) is 0 Å². The molecular weight excluding hydrogens is 1830 g/mol. The summed E-state index contributed by atoms with van der Waals surface area (Å²) in [5, 5.41) is 0. The van der Waals surface area contributed by atoms with Crippen molar-refractivity contribution in [1.29, 1.82) is 0 Å². The first kappa shape index (κ1) is 88.0. The van der Waals surface area contributed by atoms with Crippen LogP contribution in [0.5, 0.6) is 0 Å². The maximum Gasteiger partial charge on any atom is 0.166 e. The van der Waals surface area contributed by atoms with Gasteiger partial charge in [-0.25, -0.2) is 0 Å². The molecule has 0 aromatic heterocycles. The summed E-state index contributed by atoms with van der Waals surface area (Å²) in [6.07, 6.45) is 0. The molecule has 116 heavy (non-hydrogen) atoms. The van der Waals surface area contributed by atoms with Gasteiger partial charge in [0.15, 0.2) is 58.7 Å². The van der Waals surface area contributed by atoms with Crippen LogP contribution in [0.3, 0.4) is 0 Å². The Labute approximate surface area is 711 Å². The molecule has 0 radical (unpaired) electrons. The van der Waals surface area contributed by atoms with E-state index in [-0.39, 0.29) is 43.6 Å². The van der Waals surface area contributed by atoms with E-state index in [9.17, 15) is 16.9 Å². The molecule has 0 aliphatic rings. The zero-order valence-electron chi connectivity index (χ0n) is 61.9. The van der Waals surface area contributed by atoms with Gasteiger partial charge in [-0.15, -0.1) is 0 Å². The van der Waals surface area contributed by atoms with Crippen molar-refractivity contribution in [3.8, 4) is 0 Å². The van der Waals surface area contributed by atoms with E-state index in [0.717, 1.165) is 0 Å². The Morgan fingerprint density at radius 1 is 0.172 bits per heavy atom. The van der Waals surface area contributed by atoms with E-state index in [1.165, 1.54) is 97.9 Å². The predicted octanol–water partition coefficient (Wildman–Crippen LogP) is 25.8. The number of halogens is 6. The molecule has 0 aliphatic heterocycles. The monoisotopic (exact) mass is 1900 g/mol. The van der Waals surface area contributed by atoms with Crippen molar-refractivity contribution in [3.63, 3.8) is 0 Å². The fourth-order valence-corrected chi connectivity index (χ4v) is 22.8. The Hall–Kier alpha value is -8.78. The Bertz CT molecular complexity index is 4720. The van der Waals surface area contributed by atoms with E-state index in [4.69, 9.17) is 13.2 Å². The van der Waals surface area contributed by atoms with Crippen molar-refractivity contribution in [3.05, 3.63) is 461 Å². The van der Waals surface area contributed by atoms with Crippen molar-refractivity contribution >= 4 is 130 Å². The topological polar surface area (TPSA) is 86.2 Å². The minimum atomic E-state index is -11.2. The summed E-state index contributed by atoms with van der Waals surface area (Å²) in [5.41, 5.74) is 0. The predicted molar refractivity (Wildman–Crippen MR) is 467 cm³/mol. The summed E-state index contributed by atoms with van der Waals surface area (Å²) in [6.45, 7) is 0. The smallest absolute Gasteiger partial charge is 0.0901 e. The molecule has 0 aliphatic carbocycles. The molecule has 16 rings (SSSR count). The summed E-state index contributed by atoms with van der Waals surface area (Å²) in [7, 11) is -0.315. The summed E-state index contributed by atoms with van der Waals surface area (Å²) in [6, 6.07) is 164. The number of hydrogen-bond acceptors (Lipinski definition) is 8. The average Bonchev–Trinajstić information content (AvgIpc) is 0.772. The first-order chi connectivity index (χ1) is 56.0. The summed E-state index contributed by atoms with van der Waals surface area (Å²) in [4.78, 5) is 26.3. The fourth-order valence-electron chi connectivity index (χ4n) is 11.2. The van der Waals surface area contributed by atoms with Crippen molar-refractivity contribution in [2.75, 3.05) is 0 Å². The van der Waals surface area contributed by atoms with Gasteiger partial charge in [0.1, 0.15) is 0 Å². The van der Waals surface area contributed by atoms with Gasteiger partial charge in [-0.1, -0.05) is 265 Å². The second-order valence-electron chi connectivity index (χ2n) is 24.7. The number of hydrogen-bond donors (Lipinski definition) is 0. The van der Waals surface area contributed by atoms with Crippen LogP contribution in [-0.4, -0.2) is 39.5 Å². The fraction of sp³-hybridized carbons (Fsp3) is 0. The second-order valence-corrected chi connectivity index (χ2v) is 45.4. The largest absolute Gasteiger partial charge is 0.166 e. The van der Waals surface area contributed by atoms with E-state index >= 15 is 0 Å². The molecule has 0 atom stereocenters. The van der Waals surface area contributed by atoms with Crippen LogP contribution in [0.4, 0.5) is 16.9 Å². The van der Waals surface area contributed by atoms with Crippen LogP contribution in [-0.2, 0) is 46.6 Å². The molecule has 0 saturated heterocycles. The van der Waals surface area contributed by atoms with Crippen LogP contribution >= 0.6 is 47.0 Å².